The van der Waals surface area contributed by atoms with Crippen LogP contribution < -0.4 is 0 Å². The fourth-order valence-corrected chi connectivity index (χ4v) is 9.33. The van der Waals surface area contributed by atoms with Crippen LogP contribution in [0.15, 0.2) is 200 Å². The molecule has 11 rings (SSSR count). The Bertz CT molecular complexity index is 2980. The van der Waals surface area contributed by atoms with Gasteiger partial charge in [-0.05, 0) is 104 Å². The first-order valence-electron chi connectivity index (χ1n) is 19.8. The minimum Gasteiger partial charge on any atom is -0.228 e. The monoisotopic (exact) mass is 726 g/mol. The Morgan fingerprint density at radius 3 is 1.75 bits per heavy atom. The van der Waals surface area contributed by atoms with Gasteiger partial charge in [-0.3, -0.25) is 0 Å². The standard InChI is InChI=1S/C55H38N2/c1-55(43-19-6-3-7-20-43)50-25-11-10-22-47(50)49-33-40(30-31-51(49)55)39-17-12-18-42(32-39)53-35-52(56-54(57-53)38-14-4-2-5-15-38)37-28-26-36(27-29-37)44-23-13-24-46-45-21-9-8-16-41(45)34-48(44)46/h2-33,35H,34H2,1H3. The molecule has 0 spiro atoms. The van der Waals surface area contributed by atoms with Crippen molar-refractivity contribution >= 4 is 0 Å². The van der Waals surface area contributed by atoms with E-state index in [2.05, 4.69) is 189 Å². The van der Waals surface area contributed by atoms with Gasteiger partial charge in [-0.25, -0.2) is 9.97 Å². The number of hydrogen-bond acceptors (Lipinski definition) is 2. The fourth-order valence-electron chi connectivity index (χ4n) is 9.33. The molecule has 2 aliphatic rings. The van der Waals surface area contributed by atoms with Gasteiger partial charge in [-0.2, -0.15) is 0 Å². The third kappa shape index (κ3) is 5.48. The smallest absolute Gasteiger partial charge is 0.160 e. The zero-order valence-corrected chi connectivity index (χ0v) is 31.7. The van der Waals surface area contributed by atoms with E-state index < -0.39 is 0 Å². The van der Waals surface area contributed by atoms with Crippen LogP contribution in [0.4, 0.5) is 0 Å². The van der Waals surface area contributed by atoms with E-state index in [0.29, 0.717) is 5.82 Å². The molecule has 1 unspecified atom stereocenters. The summed E-state index contributed by atoms with van der Waals surface area (Å²) in [5.41, 5.74) is 21.6. The maximum Gasteiger partial charge on any atom is 0.160 e. The predicted molar refractivity (Wildman–Crippen MR) is 235 cm³/mol. The highest BCUT2D eigenvalue weighted by Crippen LogP contribution is 2.53. The topological polar surface area (TPSA) is 25.8 Å². The van der Waals surface area contributed by atoms with Crippen molar-refractivity contribution in [3.8, 4) is 78.4 Å². The molecule has 0 saturated heterocycles. The van der Waals surface area contributed by atoms with Gasteiger partial charge in [0, 0.05) is 22.1 Å². The number of nitrogens with zero attached hydrogens (tertiary/aromatic N) is 2. The van der Waals surface area contributed by atoms with Crippen molar-refractivity contribution in [3.63, 3.8) is 0 Å². The van der Waals surface area contributed by atoms with Crippen LogP contribution in [0, 0.1) is 0 Å². The van der Waals surface area contributed by atoms with Gasteiger partial charge in [0.1, 0.15) is 0 Å². The molecule has 0 fully saturated rings. The highest BCUT2D eigenvalue weighted by Gasteiger charge is 2.40. The zero-order valence-electron chi connectivity index (χ0n) is 31.7. The lowest BCUT2D eigenvalue weighted by Gasteiger charge is -2.28. The highest BCUT2D eigenvalue weighted by molar-refractivity contribution is 5.88. The van der Waals surface area contributed by atoms with E-state index in [1.165, 1.54) is 66.8 Å². The molecule has 0 saturated carbocycles. The molecular formula is C55H38N2. The van der Waals surface area contributed by atoms with Crippen LogP contribution in [0.3, 0.4) is 0 Å². The van der Waals surface area contributed by atoms with Gasteiger partial charge < -0.3 is 0 Å². The molecule has 2 aliphatic carbocycles. The summed E-state index contributed by atoms with van der Waals surface area (Å²) in [7, 11) is 0. The largest absolute Gasteiger partial charge is 0.228 e. The maximum absolute atomic E-state index is 5.19. The summed E-state index contributed by atoms with van der Waals surface area (Å²) in [6.07, 6.45) is 0.962. The Morgan fingerprint density at radius 2 is 0.930 bits per heavy atom. The zero-order chi connectivity index (χ0) is 37.9. The predicted octanol–water partition coefficient (Wildman–Crippen LogP) is 13.7. The van der Waals surface area contributed by atoms with Gasteiger partial charge in [-0.1, -0.05) is 182 Å². The van der Waals surface area contributed by atoms with Crippen LogP contribution in [0.1, 0.15) is 34.7 Å². The van der Waals surface area contributed by atoms with Crippen molar-refractivity contribution in [2.24, 2.45) is 0 Å². The van der Waals surface area contributed by atoms with Crippen LogP contribution >= 0.6 is 0 Å². The number of benzene rings is 8. The molecule has 1 atom stereocenters. The molecule has 1 aromatic heterocycles. The summed E-state index contributed by atoms with van der Waals surface area (Å²) in [4.78, 5) is 10.3. The van der Waals surface area contributed by atoms with Gasteiger partial charge >= 0.3 is 0 Å². The average molecular weight is 727 g/mol. The lowest BCUT2D eigenvalue weighted by molar-refractivity contribution is 0.714. The Balaban J connectivity index is 0.976. The first-order chi connectivity index (χ1) is 28.1. The first-order valence-corrected chi connectivity index (χ1v) is 19.8. The molecule has 268 valence electrons. The van der Waals surface area contributed by atoms with E-state index in [1.807, 2.05) is 18.2 Å². The van der Waals surface area contributed by atoms with E-state index in [9.17, 15) is 0 Å². The molecule has 0 N–H and O–H groups in total. The quantitative estimate of drug-likeness (QED) is 0.170. The number of hydrogen-bond donors (Lipinski definition) is 0. The van der Waals surface area contributed by atoms with Crippen molar-refractivity contribution in [2.45, 2.75) is 18.8 Å². The molecule has 0 amide bonds. The Kier molecular flexibility index (Phi) is 7.72. The Labute approximate surface area is 333 Å². The van der Waals surface area contributed by atoms with Crippen molar-refractivity contribution in [1.29, 1.82) is 0 Å². The third-order valence-electron chi connectivity index (χ3n) is 12.3. The summed E-state index contributed by atoms with van der Waals surface area (Å²) in [6.45, 7) is 2.37. The normalized spacial score (nSPS) is 14.8. The van der Waals surface area contributed by atoms with Gasteiger partial charge in [0.2, 0.25) is 0 Å². The first kappa shape index (κ1) is 33.2. The molecule has 1 heterocycles. The van der Waals surface area contributed by atoms with Crippen LogP contribution in [0.2, 0.25) is 0 Å². The second-order valence-electron chi connectivity index (χ2n) is 15.4. The van der Waals surface area contributed by atoms with Gasteiger partial charge in [0.05, 0.1) is 11.4 Å². The second-order valence-corrected chi connectivity index (χ2v) is 15.4. The minimum atomic E-state index is -0.218. The maximum atomic E-state index is 5.19. The molecule has 2 nitrogen and oxygen atoms in total. The summed E-state index contributed by atoms with van der Waals surface area (Å²) in [5.74, 6) is 0.713. The van der Waals surface area contributed by atoms with E-state index in [0.717, 1.165) is 40.1 Å². The van der Waals surface area contributed by atoms with Crippen LogP contribution in [0.25, 0.3) is 78.4 Å². The molecule has 0 aliphatic heterocycles. The Hall–Kier alpha value is -7.16. The van der Waals surface area contributed by atoms with Gasteiger partial charge in [0.25, 0.3) is 0 Å². The summed E-state index contributed by atoms with van der Waals surface area (Å²) < 4.78 is 0. The molecule has 57 heavy (non-hydrogen) atoms. The van der Waals surface area contributed by atoms with E-state index >= 15 is 0 Å². The molecule has 8 aromatic carbocycles. The summed E-state index contributed by atoms with van der Waals surface area (Å²) in [5, 5.41) is 0. The summed E-state index contributed by atoms with van der Waals surface area (Å²) in [6, 6.07) is 72.4. The minimum absolute atomic E-state index is 0.218. The molecule has 9 aromatic rings. The van der Waals surface area contributed by atoms with Crippen molar-refractivity contribution in [1.82, 2.24) is 9.97 Å². The van der Waals surface area contributed by atoms with E-state index in [4.69, 9.17) is 9.97 Å². The van der Waals surface area contributed by atoms with Crippen LogP contribution in [0.5, 0.6) is 0 Å². The number of fused-ring (bicyclic) bond motifs is 6. The van der Waals surface area contributed by atoms with Crippen LogP contribution in [-0.2, 0) is 11.8 Å². The second kappa shape index (κ2) is 13.3. The number of aromatic nitrogens is 2. The van der Waals surface area contributed by atoms with Crippen LogP contribution in [-0.4, -0.2) is 9.97 Å². The van der Waals surface area contributed by atoms with Crippen molar-refractivity contribution < 1.29 is 0 Å². The lowest BCUT2D eigenvalue weighted by atomic mass is 9.74. The van der Waals surface area contributed by atoms with E-state index in [-0.39, 0.29) is 5.41 Å². The fraction of sp³-hybridized carbons (Fsp3) is 0.0545. The highest BCUT2D eigenvalue weighted by atomic mass is 14.9. The van der Waals surface area contributed by atoms with E-state index in [1.54, 1.807) is 0 Å². The van der Waals surface area contributed by atoms with Gasteiger partial charge in [-0.15, -0.1) is 0 Å². The third-order valence-corrected chi connectivity index (χ3v) is 12.3. The number of rotatable bonds is 6. The lowest BCUT2D eigenvalue weighted by Crippen LogP contribution is -2.22. The molecular weight excluding hydrogens is 689 g/mol. The molecule has 0 bridgehead atoms. The summed E-state index contributed by atoms with van der Waals surface area (Å²) >= 11 is 0. The Morgan fingerprint density at radius 1 is 0.368 bits per heavy atom. The van der Waals surface area contributed by atoms with Crippen molar-refractivity contribution in [3.05, 3.63) is 228 Å². The average Bonchev–Trinajstić information content (AvgIpc) is 3.80. The van der Waals surface area contributed by atoms with Crippen molar-refractivity contribution in [2.75, 3.05) is 0 Å². The molecule has 2 heteroatoms. The SMILES string of the molecule is CC1(c2ccccc2)c2ccccc2-c2cc(-c3cccc(-c4cc(-c5ccc(-c6cccc7c6Cc6ccccc6-7)cc5)nc(-c5ccccc5)n4)c3)ccc21. The molecule has 0 radical (unpaired) electrons. The van der Waals surface area contributed by atoms with Gasteiger partial charge in [0.15, 0.2) is 5.82 Å².